The first-order valence-electron chi connectivity index (χ1n) is 6.79. The third-order valence-electron chi connectivity index (χ3n) is 3.18. The fraction of sp³-hybridized carbons (Fsp3) is 0.375. The van der Waals surface area contributed by atoms with E-state index >= 15 is 0 Å². The largest absolute Gasteiger partial charge is 0.462 e. The number of nitrogens with zero attached hydrogens (tertiary/aromatic N) is 1. The van der Waals surface area contributed by atoms with Gasteiger partial charge in [-0.25, -0.2) is 4.79 Å². The lowest BCUT2D eigenvalue weighted by molar-refractivity contribution is 0.0525. The number of aromatic nitrogens is 1. The van der Waals surface area contributed by atoms with Crippen LogP contribution in [0.2, 0.25) is 0 Å². The van der Waals surface area contributed by atoms with Crippen LogP contribution in [-0.2, 0) is 4.74 Å². The second-order valence-corrected chi connectivity index (χ2v) is 4.92. The van der Waals surface area contributed by atoms with Gasteiger partial charge in [0.05, 0.1) is 6.61 Å². The Labute approximate surface area is 118 Å². The molecule has 1 aromatic heterocycles. The van der Waals surface area contributed by atoms with Crippen molar-refractivity contribution in [1.82, 2.24) is 5.16 Å². The van der Waals surface area contributed by atoms with Gasteiger partial charge in [-0.05, 0) is 25.3 Å². The van der Waals surface area contributed by atoms with Crippen molar-refractivity contribution in [3.05, 3.63) is 41.2 Å². The third kappa shape index (κ3) is 2.59. The molecular formula is C16H19NO3. The third-order valence-corrected chi connectivity index (χ3v) is 3.18. The van der Waals surface area contributed by atoms with Gasteiger partial charge in [-0.1, -0.05) is 43.3 Å². The number of carbonyl (C=O) groups is 1. The van der Waals surface area contributed by atoms with Crippen molar-refractivity contribution in [2.75, 3.05) is 6.61 Å². The fourth-order valence-corrected chi connectivity index (χ4v) is 2.22. The van der Waals surface area contributed by atoms with E-state index < -0.39 is 0 Å². The summed E-state index contributed by atoms with van der Waals surface area (Å²) in [6.45, 7) is 8.05. The molecule has 1 heterocycles. The zero-order valence-corrected chi connectivity index (χ0v) is 12.3. The number of benzene rings is 1. The lowest BCUT2D eigenvalue weighted by Crippen LogP contribution is -2.07. The molecule has 1 aromatic carbocycles. The second kappa shape index (κ2) is 5.90. The summed E-state index contributed by atoms with van der Waals surface area (Å²) in [6.07, 6.45) is 0. The zero-order valence-electron chi connectivity index (χ0n) is 12.3. The summed E-state index contributed by atoms with van der Waals surface area (Å²) in [4.78, 5) is 12.1. The van der Waals surface area contributed by atoms with Crippen LogP contribution in [0.4, 0.5) is 0 Å². The molecule has 4 nitrogen and oxygen atoms in total. The second-order valence-electron chi connectivity index (χ2n) is 4.92. The van der Waals surface area contributed by atoms with E-state index in [-0.39, 0.29) is 5.97 Å². The van der Waals surface area contributed by atoms with Gasteiger partial charge in [-0.15, -0.1) is 0 Å². The van der Waals surface area contributed by atoms with Gasteiger partial charge < -0.3 is 9.26 Å². The van der Waals surface area contributed by atoms with E-state index in [0.29, 0.717) is 29.5 Å². The highest BCUT2D eigenvalue weighted by atomic mass is 16.5. The normalized spacial score (nSPS) is 10.8. The van der Waals surface area contributed by atoms with Gasteiger partial charge in [-0.2, -0.15) is 0 Å². The van der Waals surface area contributed by atoms with Gasteiger partial charge in [0, 0.05) is 5.56 Å². The molecule has 106 valence electrons. The van der Waals surface area contributed by atoms with E-state index in [9.17, 15) is 4.79 Å². The van der Waals surface area contributed by atoms with Gasteiger partial charge >= 0.3 is 5.97 Å². The Morgan fingerprint density at radius 2 is 2.05 bits per heavy atom. The van der Waals surface area contributed by atoms with Gasteiger partial charge in [-0.3, -0.25) is 0 Å². The van der Waals surface area contributed by atoms with Crippen LogP contribution in [0.15, 0.2) is 28.8 Å². The van der Waals surface area contributed by atoms with Gasteiger partial charge in [0.1, 0.15) is 17.0 Å². The molecule has 0 aliphatic heterocycles. The van der Waals surface area contributed by atoms with Crippen LogP contribution in [-0.4, -0.2) is 17.7 Å². The molecule has 0 radical (unpaired) electrons. The molecule has 0 unspecified atom stereocenters. The maximum Gasteiger partial charge on any atom is 0.344 e. The minimum Gasteiger partial charge on any atom is -0.462 e. The average molecular weight is 273 g/mol. The van der Waals surface area contributed by atoms with Crippen molar-refractivity contribution >= 4 is 5.97 Å². The maximum atomic E-state index is 12.1. The van der Waals surface area contributed by atoms with Crippen molar-refractivity contribution in [2.45, 2.75) is 33.6 Å². The Balaban J connectivity index is 2.57. The van der Waals surface area contributed by atoms with E-state index in [2.05, 4.69) is 19.0 Å². The van der Waals surface area contributed by atoms with Gasteiger partial charge in [0.15, 0.2) is 0 Å². The number of esters is 1. The van der Waals surface area contributed by atoms with Gasteiger partial charge in [0.2, 0.25) is 0 Å². The lowest BCUT2D eigenvalue weighted by atomic mass is 9.93. The summed E-state index contributed by atoms with van der Waals surface area (Å²) >= 11 is 0. The molecule has 0 bridgehead atoms. The Bertz CT molecular complexity index is 614. The van der Waals surface area contributed by atoms with Crippen LogP contribution in [0, 0.1) is 6.92 Å². The Morgan fingerprint density at radius 1 is 1.35 bits per heavy atom. The van der Waals surface area contributed by atoms with Gasteiger partial charge in [0.25, 0.3) is 0 Å². The minimum absolute atomic E-state index is 0.328. The predicted octanol–water partition coefficient (Wildman–Crippen LogP) is 3.95. The molecule has 0 fully saturated rings. The van der Waals surface area contributed by atoms with Crippen LogP contribution >= 0.6 is 0 Å². The predicted molar refractivity (Wildman–Crippen MR) is 76.7 cm³/mol. The molecule has 0 saturated carbocycles. The molecule has 0 aliphatic rings. The fourth-order valence-electron chi connectivity index (χ4n) is 2.22. The molecule has 0 spiro atoms. The quantitative estimate of drug-likeness (QED) is 0.791. The monoisotopic (exact) mass is 273 g/mol. The van der Waals surface area contributed by atoms with Crippen molar-refractivity contribution in [3.63, 3.8) is 0 Å². The molecule has 4 heteroatoms. The number of ether oxygens (including phenoxy) is 1. The standard InChI is InChI=1S/C16H19NO3/c1-5-19-16(18)14-11(4)20-17-15(14)13-9-7-6-8-12(13)10(2)3/h6-10H,5H2,1-4H3. The van der Waals surface area contributed by atoms with Crippen LogP contribution in [0.3, 0.4) is 0 Å². The zero-order chi connectivity index (χ0) is 14.7. The molecule has 0 saturated heterocycles. The SMILES string of the molecule is CCOC(=O)c1c(-c2ccccc2C(C)C)noc1C. The summed E-state index contributed by atoms with van der Waals surface area (Å²) in [5, 5.41) is 4.06. The van der Waals surface area contributed by atoms with Crippen LogP contribution in [0.5, 0.6) is 0 Å². The van der Waals surface area contributed by atoms with Crippen molar-refractivity contribution in [1.29, 1.82) is 0 Å². The molecule has 2 aromatic rings. The van der Waals surface area contributed by atoms with E-state index in [1.165, 1.54) is 0 Å². The van der Waals surface area contributed by atoms with Crippen molar-refractivity contribution in [2.24, 2.45) is 0 Å². The van der Waals surface area contributed by atoms with Crippen LogP contribution < -0.4 is 0 Å². The molecule has 20 heavy (non-hydrogen) atoms. The number of hydrogen-bond donors (Lipinski definition) is 0. The number of carbonyl (C=O) groups excluding carboxylic acids is 1. The average Bonchev–Trinajstić information content (AvgIpc) is 2.80. The maximum absolute atomic E-state index is 12.1. The highest BCUT2D eigenvalue weighted by molar-refractivity contribution is 5.97. The summed E-state index contributed by atoms with van der Waals surface area (Å²) in [7, 11) is 0. The molecule has 0 atom stereocenters. The summed E-state index contributed by atoms with van der Waals surface area (Å²) < 4.78 is 10.3. The lowest BCUT2D eigenvalue weighted by Gasteiger charge is -2.11. The number of rotatable bonds is 4. The summed E-state index contributed by atoms with van der Waals surface area (Å²) in [5.74, 6) is 0.426. The highest BCUT2D eigenvalue weighted by Crippen LogP contribution is 2.32. The first-order valence-corrected chi connectivity index (χ1v) is 6.79. The summed E-state index contributed by atoms with van der Waals surface area (Å²) in [5.41, 5.74) is 3.03. The van der Waals surface area contributed by atoms with E-state index in [1.807, 2.05) is 24.3 Å². The molecule has 0 N–H and O–H groups in total. The Morgan fingerprint density at radius 3 is 2.70 bits per heavy atom. The number of hydrogen-bond acceptors (Lipinski definition) is 4. The minimum atomic E-state index is -0.389. The van der Waals surface area contributed by atoms with Crippen LogP contribution in [0.25, 0.3) is 11.3 Å². The first kappa shape index (κ1) is 14.3. The molecule has 0 aliphatic carbocycles. The topological polar surface area (TPSA) is 52.3 Å². The molecular weight excluding hydrogens is 254 g/mol. The Hall–Kier alpha value is -2.10. The molecule has 0 amide bonds. The first-order chi connectivity index (χ1) is 9.56. The number of aryl methyl sites for hydroxylation is 1. The van der Waals surface area contributed by atoms with Crippen molar-refractivity contribution < 1.29 is 14.1 Å². The molecule has 2 rings (SSSR count). The van der Waals surface area contributed by atoms with Crippen LogP contribution in [0.1, 0.15) is 48.4 Å². The summed E-state index contributed by atoms with van der Waals surface area (Å²) in [6, 6.07) is 7.91. The van der Waals surface area contributed by atoms with E-state index in [1.54, 1.807) is 13.8 Å². The van der Waals surface area contributed by atoms with E-state index in [0.717, 1.165) is 11.1 Å². The smallest absolute Gasteiger partial charge is 0.344 e. The highest BCUT2D eigenvalue weighted by Gasteiger charge is 2.24. The Kier molecular flexibility index (Phi) is 4.23. The van der Waals surface area contributed by atoms with Crippen molar-refractivity contribution in [3.8, 4) is 11.3 Å². The van der Waals surface area contributed by atoms with E-state index in [4.69, 9.17) is 9.26 Å².